The molecule has 0 bridgehead atoms. The number of carboxylic acid groups (broad SMARTS) is 1. The third-order valence-electron chi connectivity index (χ3n) is 2.41. The molecular weight excluding hydrogens is 208 g/mol. The van der Waals surface area contributed by atoms with E-state index in [-0.39, 0.29) is 19.0 Å². The Hall–Kier alpha value is -1.26. The molecule has 2 amide bonds. The van der Waals surface area contributed by atoms with Gasteiger partial charge in [0.2, 0.25) is 0 Å². The van der Waals surface area contributed by atoms with Crippen LogP contribution in [0, 0.1) is 0 Å². The number of rotatable bonds is 7. The van der Waals surface area contributed by atoms with Gasteiger partial charge in [-0.2, -0.15) is 0 Å². The minimum Gasteiger partial charge on any atom is -0.481 e. The quantitative estimate of drug-likeness (QED) is 0.676. The molecule has 94 valence electrons. The van der Waals surface area contributed by atoms with Crippen molar-refractivity contribution in [2.75, 3.05) is 27.2 Å². The lowest BCUT2D eigenvalue weighted by molar-refractivity contribution is -0.137. The second kappa shape index (κ2) is 7.96. The van der Waals surface area contributed by atoms with Gasteiger partial charge >= 0.3 is 12.0 Å². The van der Waals surface area contributed by atoms with E-state index in [9.17, 15) is 9.59 Å². The van der Waals surface area contributed by atoms with E-state index in [1.54, 1.807) is 19.0 Å². The van der Waals surface area contributed by atoms with Gasteiger partial charge in [0.25, 0.3) is 0 Å². The van der Waals surface area contributed by atoms with Crippen LogP contribution in [-0.4, -0.2) is 54.1 Å². The highest BCUT2D eigenvalue weighted by molar-refractivity contribution is 5.74. The van der Waals surface area contributed by atoms with Gasteiger partial charge in [0.15, 0.2) is 0 Å². The van der Waals surface area contributed by atoms with Crippen LogP contribution in [0.15, 0.2) is 0 Å². The molecule has 0 atom stereocenters. The Morgan fingerprint density at radius 1 is 1.06 bits per heavy atom. The van der Waals surface area contributed by atoms with Gasteiger partial charge in [-0.05, 0) is 6.42 Å². The van der Waals surface area contributed by atoms with Gasteiger partial charge in [-0.15, -0.1) is 0 Å². The van der Waals surface area contributed by atoms with Crippen molar-refractivity contribution in [2.24, 2.45) is 0 Å². The van der Waals surface area contributed by atoms with Crippen molar-refractivity contribution in [1.82, 2.24) is 9.80 Å². The fraction of sp³-hybridized carbons (Fsp3) is 0.818. The molecule has 0 aromatic heterocycles. The van der Waals surface area contributed by atoms with Crippen LogP contribution >= 0.6 is 0 Å². The lowest BCUT2D eigenvalue weighted by atomic mass is 10.2. The van der Waals surface area contributed by atoms with E-state index in [0.29, 0.717) is 0 Å². The van der Waals surface area contributed by atoms with Crippen LogP contribution in [0.5, 0.6) is 0 Å². The molecule has 16 heavy (non-hydrogen) atoms. The van der Waals surface area contributed by atoms with Gasteiger partial charge in [-0.1, -0.05) is 19.8 Å². The monoisotopic (exact) mass is 230 g/mol. The van der Waals surface area contributed by atoms with E-state index < -0.39 is 5.97 Å². The molecule has 1 N–H and O–H groups in total. The molecule has 0 saturated heterocycles. The number of carboxylic acids is 1. The van der Waals surface area contributed by atoms with Crippen molar-refractivity contribution < 1.29 is 14.7 Å². The van der Waals surface area contributed by atoms with Crippen LogP contribution < -0.4 is 0 Å². The summed E-state index contributed by atoms with van der Waals surface area (Å²) < 4.78 is 0. The SMILES string of the molecule is CCCCCN(C)C(=O)N(C)CCC(=O)O. The largest absolute Gasteiger partial charge is 0.481 e. The predicted octanol–water partition coefficient (Wildman–Crippen LogP) is 1.63. The smallest absolute Gasteiger partial charge is 0.319 e. The zero-order valence-electron chi connectivity index (χ0n) is 10.4. The number of carbonyl (C=O) groups is 2. The van der Waals surface area contributed by atoms with Gasteiger partial charge < -0.3 is 14.9 Å². The topological polar surface area (TPSA) is 60.9 Å². The maximum atomic E-state index is 11.7. The molecule has 0 radical (unpaired) electrons. The van der Waals surface area contributed by atoms with Gasteiger partial charge in [-0.3, -0.25) is 4.79 Å². The Kier molecular flexibility index (Phi) is 7.33. The molecule has 0 saturated carbocycles. The molecule has 5 heteroatoms. The Bertz CT molecular complexity index is 231. The van der Waals surface area contributed by atoms with Crippen molar-refractivity contribution in [1.29, 1.82) is 0 Å². The van der Waals surface area contributed by atoms with E-state index in [1.165, 1.54) is 4.90 Å². The van der Waals surface area contributed by atoms with Crippen molar-refractivity contribution in [3.63, 3.8) is 0 Å². The van der Waals surface area contributed by atoms with E-state index in [4.69, 9.17) is 5.11 Å². The molecule has 0 rings (SSSR count). The molecule has 0 spiro atoms. The van der Waals surface area contributed by atoms with Crippen molar-refractivity contribution >= 4 is 12.0 Å². The third-order valence-corrected chi connectivity index (χ3v) is 2.41. The molecule has 0 aliphatic heterocycles. The number of unbranched alkanes of at least 4 members (excludes halogenated alkanes) is 2. The van der Waals surface area contributed by atoms with Crippen LogP contribution in [-0.2, 0) is 4.79 Å². The summed E-state index contributed by atoms with van der Waals surface area (Å²) in [6.45, 7) is 3.09. The van der Waals surface area contributed by atoms with Crippen LogP contribution in [0.2, 0.25) is 0 Å². The first-order valence-corrected chi connectivity index (χ1v) is 5.67. The summed E-state index contributed by atoms with van der Waals surface area (Å²) in [5.74, 6) is -0.881. The predicted molar refractivity (Wildman–Crippen MR) is 62.4 cm³/mol. The molecule has 0 aromatic carbocycles. The molecule has 0 aliphatic rings. The summed E-state index contributed by atoms with van der Waals surface area (Å²) in [5.41, 5.74) is 0. The van der Waals surface area contributed by atoms with E-state index in [2.05, 4.69) is 6.92 Å². The van der Waals surface area contributed by atoms with Crippen LogP contribution in [0.1, 0.15) is 32.6 Å². The number of urea groups is 1. The van der Waals surface area contributed by atoms with Gasteiger partial charge in [0, 0.05) is 27.2 Å². The Morgan fingerprint density at radius 2 is 1.62 bits per heavy atom. The molecular formula is C11H22N2O3. The highest BCUT2D eigenvalue weighted by Gasteiger charge is 2.14. The summed E-state index contributed by atoms with van der Waals surface area (Å²) in [4.78, 5) is 25.1. The molecule has 0 unspecified atom stereocenters. The average molecular weight is 230 g/mol. The summed E-state index contributed by atoms with van der Waals surface area (Å²) >= 11 is 0. The number of nitrogens with zero attached hydrogens (tertiary/aromatic N) is 2. The number of aliphatic carboxylic acids is 1. The fourth-order valence-electron chi connectivity index (χ4n) is 1.35. The fourth-order valence-corrected chi connectivity index (χ4v) is 1.35. The Morgan fingerprint density at radius 3 is 2.12 bits per heavy atom. The Balaban J connectivity index is 3.86. The van der Waals surface area contributed by atoms with E-state index in [1.807, 2.05) is 0 Å². The van der Waals surface area contributed by atoms with Crippen molar-refractivity contribution in [3.05, 3.63) is 0 Å². The first-order valence-electron chi connectivity index (χ1n) is 5.67. The van der Waals surface area contributed by atoms with E-state index in [0.717, 1.165) is 25.8 Å². The number of amides is 2. The number of hydrogen-bond donors (Lipinski definition) is 1. The average Bonchev–Trinajstić information content (AvgIpc) is 2.24. The summed E-state index contributed by atoms with van der Waals surface area (Å²) in [7, 11) is 3.37. The number of carbonyl (C=O) groups excluding carboxylic acids is 1. The van der Waals surface area contributed by atoms with Gasteiger partial charge in [0.05, 0.1) is 6.42 Å². The summed E-state index contributed by atoms with van der Waals surface area (Å²) in [5, 5.41) is 8.50. The second-order valence-corrected chi connectivity index (χ2v) is 3.98. The molecule has 0 aromatic rings. The molecule has 0 heterocycles. The van der Waals surface area contributed by atoms with Crippen molar-refractivity contribution in [3.8, 4) is 0 Å². The van der Waals surface area contributed by atoms with Gasteiger partial charge in [-0.25, -0.2) is 4.79 Å². The highest BCUT2D eigenvalue weighted by atomic mass is 16.4. The lowest BCUT2D eigenvalue weighted by Crippen LogP contribution is -2.40. The maximum absolute atomic E-state index is 11.7. The maximum Gasteiger partial charge on any atom is 0.319 e. The first kappa shape index (κ1) is 14.7. The summed E-state index contributed by atoms with van der Waals surface area (Å²) in [6.07, 6.45) is 3.21. The summed E-state index contributed by atoms with van der Waals surface area (Å²) in [6, 6.07) is -0.114. The third kappa shape index (κ3) is 6.27. The normalized spacial score (nSPS) is 9.94. The van der Waals surface area contributed by atoms with Crippen LogP contribution in [0.4, 0.5) is 4.79 Å². The lowest BCUT2D eigenvalue weighted by Gasteiger charge is -2.24. The molecule has 0 aliphatic carbocycles. The van der Waals surface area contributed by atoms with Gasteiger partial charge in [0.1, 0.15) is 0 Å². The Labute approximate surface area is 97.0 Å². The zero-order chi connectivity index (χ0) is 12.6. The second-order valence-electron chi connectivity index (χ2n) is 3.98. The minimum atomic E-state index is -0.881. The molecule has 0 fully saturated rings. The number of hydrogen-bond acceptors (Lipinski definition) is 2. The molecule has 5 nitrogen and oxygen atoms in total. The zero-order valence-corrected chi connectivity index (χ0v) is 10.4. The first-order chi connectivity index (χ1) is 7.49. The highest BCUT2D eigenvalue weighted by Crippen LogP contribution is 2.00. The van der Waals surface area contributed by atoms with Crippen molar-refractivity contribution in [2.45, 2.75) is 32.6 Å². The minimum absolute atomic E-state index is 0.00889. The van der Waals surface area contributed by atoms with E-state index >= 15 is 0 Å². The van der Waals surface area contributed by atoms with Crippen LogP contribution in [0.25, 0.3) is 0 Å². The standard InChI is InChI=1S/C11H22N2O3/c1-4-5-6-8-12(2)11(16)13(3)9-7-10(14)15/h4-9H2,1-3H3,(H,14,15). The van der Waals surface area contributed by atoms with Crippen LogP contribution in [0.3, 0.4) is 0 Å².